The van der Waals surface area contributed by atoms with Gasteiger partial charge in [-0.1, -0.05) is 18.2 Å². The highest BCUT2D eigenvalue weighted by molar-refractivity contribution is 5.85. The van der Waals surface area contributed by atoms with Crippen molar-refractivity contribution in [2.24, 2.45) is 4.99 Å². The molecule has 0 saturated carbocycles. The summed E-state index contributed by atoms with van der Waals surface area (Å²) in [5.74, 6) is 0.878. The fourth-order valence-electron chi connectivity index (χ4n) is 1.42. The fourth-order valence-corrected chi connectivity index (χ4v) is 1.42. The summed E-state index contributed by atoms with van der Waals surface area (Å²) in [6.45, 7) is 0. The molecule has 0 bridgehead atoms. The molecule has 0 fully saturated rings. The lowest BCUT2D eigenvalue weighted by Crippen LogP contribution is -1.86. The molecule has 0 radical (unpaired) electrons. The molecule has 0 spiro atoms. The van der Waals surface area contributed by atoms with Crippen LogP contribution in [0.15, 0.2) is 53.5 Å². The molecule has 0 heterocycles. The van der Waals surface area contributed by atoms with Crippen molar-refractivity contribution in [3.63, 3.8) is 0 Å². The monoisotopic (exact) mass is 227 g/mol. The third-order valence-corrected chi connectivity index (χ3v) is 2.34. The zero-order valence-corrected chi connectivity index (χ0v) is 9.50. The highest BCUT2D eigenvalue weighted by atomic mass is 16.5. The molecule has 2 aromatic rings. The lowest BCUT2D eigenvalue weighted by atomic mass is 10.2. The highest BCUT2D eigenvalue weighted by Crippen LogP contribution is 2.22. The van der Waals surface area contributed by atoms with E-state index in [1.807, 2.05) is 30.3 Å². The maximum atomic E-state index is 9.66. The summed E-state index contributed by atoms with van der Waals surface area (Å²) in [7, 11) is 1.59. The van der Waals surface area contributed by atoms with Crippen LogP contribution < -0.4 is 4.74 Å². The van der Waals surface area contributed by atoms with E-state index >= 15 is 0 Å². The molecule has 17 heavy (non-hydrogen) atoms. The van der Waals surface area contributed by atoms with Gasteiger partial charge in [0.25, 0.3) is 0 Å². The van der Waals surface area contributed by atoms with Gasteiger partial charge in [-0.3, -0.25) is 4.99 Å². The first-order chi connectivity index (χ1) is 8.29. The second kappa shape index (κ2) is 5.16. The van der Waals surface area contributed by atoms with E-state index in [4.69, 9.17) is 4.74 Å². The van der Waals surface area contributed by atoms with Gasteiger partial charge in [0.15, 0.2) is 0 Å². The molecule has 0 saturated heterocycles. The number of benzene rings is 2. The van der Waals surface area contributed by atoms with Crippen molar-refractivity contribution in [1.29, 1.82) is 0 Å². The number of rotatable bonds is 3. The van der Waals surface area contributed by atoms with Gasteiger partial charge < -0.3 is 9.84 Å². The van der Waals surface area contributed by atoms with Gasteiger partial charge in [0.2, 0.25) is 0 Å². The Labute approximate surface area is 100 Å². The van der Waals surface area contributed by atoms with Crippen LogP contribution in [0.25, 0.3) is 0 Å². The first kappa shape index (κ1) is 11.2. The van der Waals surface area contributed by atoms with Crippen LogP contribution in [-0.2, 0) is 0 Å². The van der Waals surface area contributed by atoms with Crippen LogP contribution in [0.5, 0.6) is 11.5 Å². The molecule has 0 aliphatic heterocycles. The van der Waals surface area contributed by atoms with Gasteiger partial charge in [-0.15, -0.1) is 0 Å². The summed E-state index contributed by atoms with van der Waals surface area (Å²) < 4.78 is 5.09. The SMILES string of the molecule is COc1ccc(O)c(C=Nc2ccccc2)c1. The van der Waals surface area contributed by atoms with Crippen molar-refractivity contribution >= 4 is 11.9 Å². The normalized spacial score (nSPS) is 10.6. The number of ether oxygens (including phenoxy) is 1. The summed E-state index contributed by atoms with van der Waals surface area (Å²) in [5, 5.41) is 9.66. The maximum Gasteiger partial charge on any atom is 0.124 e. The van der Waals surface area contributed by atoms with Crippen molar-refractivity contribution in [2.75, 3.05) is 7.11 Å². The summed E-state index contributed by atoms with van der Waals surface area (Å²) in [4.78, 5) is 4.27. The van der Waals surface area contributed by atoms with Gasteiger partial charge >= 0.3 is 0 Å². The quantitative estimate of drug-likeness (QED) is 0.818. The van der Waals surface area contributed by atoms with E-state index in [0.29, 0.717) is 11.3 Å². The van der Waals surface area contributed by atoms with E-state index in [0.717, 1.165) is 5.69 Å². The van der Waals surface area contributed by atoms with E-state index in [9.17, 15) is 5.11 Å². The molecular formula is C14H13NO2. The molecule has 0 aliphatic rings. The van der Waals surface area contributed by atoms with Gasteiger partial charge in [-0.05, 0) is 30.3 Å². The van der Waals surface area contributed by atoms with Crippen LogP contribution in [0, 0.1) is 0 Å². The van der Waals surface area contributed by atoms with Gasteiger partial charge in [0.1, 0.15) is 11.5 Å². The van der Waals surface area contributed by atoms with E-state index in [2.05, 4.69) is 4.99 Å². The van der Waals surface area contributed by atoms with Crippen LogP contribution in [0.4, 0.5) is 5.69 Å². The minimum absolute atomic E-state index is 0.186. The molecule has 3 heteroatoms. The minimum Gasteiger partial charge on any atom is -0.507 e. The summed E-state index contributed by atoms with van der Waals surface area (Å²) in [6, 6.07) is 14.6. The topological polar surface area (TPSA) is 41.8 Å². The molecule has 0 amide bonds. The molecule has 0 aromatic heterocycles. The Morgan fingerprint density at radius 3 is 2.59 bits per heavy atom. The number of nitrogens with zero attached hydrogens (tertiary/aromatic N) is 1. The molecule has 0 atom stereocenters. The van der Waals surface area contributed by atoms with Gasteiger partial charge in [0, 0.05) is 11.8 Å². The Balaban J connectivity index is 2.26. The average molecular weight is 227 g/mol. The molecule has 1 N–H and O–H groups in total. The average Bonchev–Trinajstić information content (AvgIpc) is 2.39. The van der Waals surface area contributed by atoms with Crippen LogP contribution in [-0.4, -0.2) is 18.4 Å². The number of hydrogen-bond acceptors (Lipinski definition) is 3. The molecular weight excluding hydrogens is 214 g/mol. The van der Waals surface area contributed by atoms with Crippen LogP contribution in [0.3, 0.4) is 0 Å². The lowest BCUT2D eigenvalue weighted by molar-refractivity contribution is 0.412. The van der Waals surface area contributed by atoms with Crippen molar-refractivity contribution in [2.45, 2.75) is 0 Å². The van der Waals surface area contributed by atoms with Gasteiger partial charge in [0.05, 0.1) is 12.8 Å². The third kappa shape index (κ3) is 2.84. The second-order valence-electron chi connectivity index (χ2n) is 3.52. The van der Waals surface area contributed by atoms with Gasteiger partial charge in [-0.25, -0.2) is 0 Å². The Morgan fingerprint density at radius 1 is 1.12 bits per heavy atom. The first-order valence-corrected chi connectivity index (χ1v) is 5.26. The van der Waals surface area contributed by atoms with E-state index in [1.54, 1.807) is 31.5 Å². The third-order valence-electron chi connectivity index (χ3n) is 2.34. The van der Waals surface area contributed by atoms with Crippen LogP contribution in [0.1, 0.15) is 5.56 Å². The lowest BCUT2D eigenvalue weighted by Gasteiger charge is -2.02. The standard InChI is InChI=1S/C14H13NO2/c1-17-13-7-8-14(16)11(9-13)10-15-12-5-3-2-4-6-12/h2-10,16H,1H3. The Hall–Kier alpha value is -2.29. The molecule has 2 rings (SSSR count). The van der Waals surface area contributed by atoms with Crippen LogP contribution in [0.2, 0.25) is 0 Å². The molecule has 0 unspecified atom stereocenters. The summed E-state index contributed by atoms with van der Waals surface area (Å²) in [6.07, 6.45) is 1.62. The van der Waals surface area contributed by atoms with E-state index in [-0.39, 0.29) is 5.75 Å². The predicted octanol–water partition coefficient (Wildman–Crippen LogP) is 3.15. The van der Waals surface area contributed by atoms with E-state index in [1.165, 1.54) is 0 Å². The smallest absolute Gasteiger partial charge is 0.124 e. The number of phenols is 1. The molecule has 0 aliphatic carbocycles. The van der Waals surface area contributed by atoms with Crippen molar-refractivity contribution in [3.8, 4) is 11.5 Å². The predicted molar refractivity (Wildman–Crippen MR) is 68.4 cm³/mol. The van der Waals surface area contributed by atoms with Crippen molar-refractivity contribution in [3.05, 3.63) is 54.1 Å². The zero-order chi connectivity index (χ0) is 12.1. The Morgan fingerprint density at radius 2 is 1.88 bits per heavy atom. The number of aliphatic imine (C=N–C) groups is 1. The molecule has 3 nitrogen and oxygen atoms in total. The number of hydrogen-bond donors (Lipinski definition) is 1. The van der Waals surface area contributed by atoms with Gasteiger partial charge in [-0.2, -0.15) is 0 Å². The maximum absolute atomic E-state index is 9.66. The number of para-hydroxylation sites is 1. The number of phenolic OH excluding ortho intramolecular Hbond substituents is 1. The first-order valence-electron chi connectivity index (χ1n) is 5.26. The Kier molecular flexibility index (Phi) is 3.40. The van der Waals surface area contributed by atoms with Crippen LogP contribution >= 0.6 is 0 Å². The minimum atomic E-state index is 0.186. The summed E-state index contributed by atoms with van der Waals surface area (Å²) >= 11 is 0. The highest BCUT2D eigenvalue weighted by Gasteiger charge is 2.00. The molecule has 2 aromatic carbocycles. The van der Waals surface area contributed by atoms with Crippen molar-refractivity contribution < 1.29 is 9.84 Å². The van der Waals surface area contributed by atoms with E-state index < -0.39 is 0 Å². The summed E-state index contributed by atoms with van der Waals surface area (Å²) in [5.41, 5.74) is 1.47. The number of aromatic hydroxyl groups is 1. The Bertz CT molecular complexity index is 521. The van der Waals surface area contributed by atoms with Crippen molar-refractivity contribution in [1.82, 2.24) is 0 Å². The molecule has 86 valence electrons. The second-order valence-corrected chi connectivity index (χ2v) is 3.52. The zero-order valence-electron chi connectivity index (χ0n) is 9.50. The fraction of sp³-hybridized carbons (Fsp3) is 0.0714. The number of methoxy groups -OCH3 is 1. The largest absolute Gasteiger partial charge is 0.507 e.